The van der Waals surface area contributed by atoms with Crippen molar-refractivity contribution < 1.29 is 4.74 Å². The van der Waals surface area contributed by atoms with E-state index < -0.39 is 0 Å². The first-order valence-corrected chi connectivity index (χ1v) is 5.51. The molecule has 1 heterocycles. The van der Waals surface area contributed by atoms with Crippen molar-refractivity contribution >= 4 is 0 Å². The van der Waals surface area contributed by atoms with Gasteiger partial charge in [0.15, 0.2) is 0 Å². The molecule has 0 aliphatic carbocycles. The SMILES string of the molecule is C[C@H](CC1CCOCC1)C[C@@H](C)N. The molecule has 2 N–H and O–H groups in total. The molecular weight excluding hydrogens is 162 g/mol. The van der Waals surface area contributed by atoms with Crippen LogP contribution in [0.15, 0.2) is 0 Å². The van der Waals surface area contributed by atoms with E-state index in [1.54, 1.807) is 0 Å². The van der Waals surface area contributed by atoms with E-state index in [1.165, 1.54) is 19.3 Å². The minimum Gasteiger partial charge on any atom is -0.381 e. The molecule has 1 saturated heterocycles. The van der Waals surface area contributed by atoms with Crippen LogP contribution in [0.4, 0.5) is 0 Å². The Hall–Kier alpha value is -0.0800. The van der Waals surface area contributed by atoms with Crippen LogP contribution in [-0.2, 0) is 4.74 Å². The lowest BCUT2D eigenvalue weighted by molar-refractivity contribution is 0.0587. The first-order chi connectivity index (χ1) is 6.18. The molecule has 2 atom stereocenters. The molecule has 0 saturated carbocycles. The Bertz CT molecular complexity index is 130. The Labute approximate surface area is 81.8 Å². The van der Waals surface area contributed by atoms with E-state index in [1.807, 2.05) is 0 Å². The van der Waals surface area contributed by atoms with Crippen LogP contribution in [0, 0.1) is 11.8 Å². The maximum atomic E-state index is 5.77. The van der Waals surface area contributed by atoms with E-state index in [2.05, 4.69) is 13.8 Å². The fourth-order valence-corrected chi connectivity index (χ4v) is 2.28. The molecule has 1 aliphatic heterocycles. The van der Waals surface area contributed by atoms with Crippen LogP contribution in [0.1, 0.15) is 39.5 Å². The second kappa shape index (κ2) is 5.61. The highest BCUT2D eigenvalue weighted by molar-refractivity contribution is 4.69. The third-order valence-corrected chi connectivity index (χ3v) is 2.85. The van der Waals surface area contributed by atoms with Crippen LogP contribution in [-0.4, -0.2) is 19.3 Å². The zero-order valence-corrected chi connectivity index (χ0v) is 8.96. The second-order valence-electron chi connectivity index (χ2n) is 4.61. The highest BCUT2D eigenvalue weighted by Gasteiger charge is 2.17. The van der Waals surface area contributed by atoms with E-state index in [4.69, 9.17) is 10.5 Å². The van der Waals surface area contributed by atoms with Crippen LogP contribution in [0.3, 0.4) is 0 Å². The summed E-state index contributed by atoms with van der Waals surface area (Å²) < 4.78 is 5.34. The molecular formula is C11H23NO. The van der Waals surface area contributed by atoms with Gasteiger partial charge in [0.25, 0.3) is 0 Å². The highest BCUT2D eigenvalue weighted by atomic mass is 16.5. The fourth-order valence-electron chi connectivity index (χ4n) is 2.28. The fraction of sp³-hybridized carbons (Fsp3) is 1.00. The minimum absolute atomic E-state index is 0.356. The molecule has 2 nitrogen and oxygen atoms in total. The topological polar surface area (TPSA) is 35.2 Å². The average Bonchev–Trinajstić information content (AvgIpc) is 2.04. The summed E-state index contributed by atoms with van der Waals surface area (Å²) in [6, 6.07) is 0.356. The molecule has 0 unspecified atom stereocenters. The molecule has 0 amide bonds. The molecule has 78 valence electrons. The highest BCUT2D eigenvalue weighted by Crippen LogP contribution is 2.24. The maximum Gasteiger partial charge on any atom is 0.0468 e. The first-order valence-electron chi connectivity index (χ1n) is 5.51. The number of ether oxygens (including phenoxy) is 1. The maximum absolute atomic E-state index is 5.77. The van der Waals surface area contributed by atoms with Gasteiger partial charge in [0.05, 0.1) is 0 Å². The van der Waals surface area contributed by atoms with Gasteiger partial charge in [-0.15, -0.1) is 0 Å². The van der Waals surface area contributed by atoms with Gasteiger partial charge >= 0.3 is 0 Å². The van der Waals surface area contributed by atoms with Crippen LogP contribution >= 0.6 is 0 Å². The van der Waals surface area contributed by atoms with Gasteiger partial charge in [-0.1, -0.05) is 6.92 Å². The van der Waals surface area contributed by atoms with Gasteiger partial charge in [-0.3, -0.25) is 0 Å². The lowest BCUT2D eigenvalue weighted by Gasteiger charge is -2.25. The van der Waals surface area contributed by atoms with Crippen molar-refractivity contribution in [2.24, 2.45) is 17.6 Å². The smallest absolute Gasteiger partial charge is 0.0468 e. The molecule has 2 heteroatoms. The summed E-state index contributed by atoms with van der Waals surface area (Å²) >= 11 is 0. The van der Waals surface area contributed by atoms with Gasteiger partial charge in [-0.2, -0.15) is 0 Å². The van der Waals surface area contributed by atoms with Crippen molar-refractivity contribution in [1.29, 1.82) is 0 Å². The van der Waals surface area contributed by atoms with E-state index >= 15 is 0 Å². The Morgan fingerprint density at radius 2 is 1.92 bits per heavy atom. The minimum atomic E-state index is 0.356. The molecule has 13 heavy (non-hydrogen) atoms. The van der Waals surface area contributed by atoms with E-state index in [0.29, 0.717) is 6.04 Å². The molecule has 0 aromatic carbocycles. The summed E-state index contributed by atoms with van der Waals surface area (Å²) in [7, 11) is 0. The molecule has 1 rings (SSSR count). The predicted octanol–water partition coefficient (Wildman–Crippen LogP) is 2.18. The van der Waals surface area contributed by atoms with E-state index in [9.17, 15) is 0 Å². The van der Waals surface area contributed by atoms with Crippen LogP contribution in [0.25, 0.3) is 0 Å². The Morgan fingerprint density at radius 1 is 1.31 bits per heavy atom. The molecule has 0 bridgehead atoms. The number of hydrogen-bond donors (Lipinski definition) is 1. The van der Waals surface area contributed by atoms with Crippen LogP contribution < -0.4 is 5.73 Å². The van der Waals surface area contributed by atoms with Gasteiger partial charge in [-0.05, 0) is 44.4 Å². The molecule has 1 fully saturated rings. The van der Waals surface area contributed by atoms with Crippen molar-refractivity contribution in [3.05, 3.63) is 0 Å². The van der Waals surface area contributed by atoms with Gasteiger partial charge < -0.3 is 10.5 Å². The van der Waals surface area contributed by atoms with Gasteiger partial charge in [0.1, 0.15) is 0 Å². The van der Waals surface area contributed by atoms with Crippen molar-refractivity contribution in [3.8, 4) is 0 Å². The van der Waals surface area contributed by atoms with E-state index in [0.717, 1.165) is 31.5 Å². The standard InChI is InChI=1S/C11H23NO/c1-9(7-10(2)12)8-11-3-5-13-6-4-11/h9-11H,3-8,12H2,1-2H3/t9-,10+/m0/s1. The molecule has 0 radical (unpaired) electrons. The Kier molecular flexibility index (Phi) is 4.74. The summed E-state index contributed by atoms with van der Waals surface area (Å²) in [4.78, 5) is 0. The van der Waals surface area contributed by atoms with E-state index in [-0.39, 0.29) is 0 Å². The summed E-state index contributed by atoms with van der Waals surface area (Å²) in [5.74, 6) is 1.67. The second-order valence-corrected chi connectivity index (χ2v) is 4.61. The Balaban J connectivity index is 2.14. The zero-order valence-electron chi connectivity index (χ0n) is 8.96. The molecule has 1 aliphatic rings. The summed E-state index contributed by atoms with van der Waals surface area (Å²) in [5.41, 5.74) is 5.77. The lowest BCUT2D eigenvalue weighted by atomic mass is 9.87. The third-order valence-electron chi connectivity index (χ3n) is 2.85. The molecule has 0 spiro atoms. The number of hydrogen-bond acceptors (Lipinski definition) is 2. The van der Waals surface area contributed by atoms with Crippen molar-refractivity contribution in [2.45, 2.75) is 45.6 Å². The van der Waals surface area contributed by atoms with Gasteiger partial charge in [-0.25, -0.2) is 0 Å². The van der Waals surface area contributed by atoms with Crippen molar-refractivity contribution in [3.63, 3.8) is 0 Å². The van der Waals surface area contributed by atoms with Crippen molar-refractivity contribution in [1.82, 2.24) is 0 Å². The predicted molar refractivity (Wildman–Crippen MR) is 55.6 cm³/mol. The van der Waals surface area contributed by atoms with Crippen LogP contribution in [0.2, 0.25) is 0 Å². The average molecular weight is 185 g/mol. The number of rotatable bonds is 4. The van der Waals surface area contributed by atoms with Gasteiger partial charge in [0.2, 0.25) is 0 Å². The summed E-state index contributed by atoms with van der Waals surface area (Å²) in [6.07, 6.45) is 5.01. The van der Waals surface area contributed by atoms with Crippen molar-refractivity contribution in [2.75, 3.05) is 13.2 Å². The first kappa shape index (κ1) is 11.0. The molecule has 0 aromatic heterocycles. The number of nitrogens with two attached hydrogens (primary N) is 1. The summed E-state index contributed by atoms with van der Waals surface area (Å²) in [6.45, 7) is 6.35. The quantitative estimate of drug-likeness (QED) is 0.728. The summed E-state index contributed by atoms with van der Waals surface area (Å²) in [5, 5.41) is 0. The zero-order chi connectivity index (χ0) is 9.68. The largest absolute Gasteiger partial charge is 0.381 e. The van der Waals surface area contributed by atoms with Gasteiger partial charge in [0, 0.05) is 19.3 Å². The van der Waals surface area contributed by atoms with Crippen LogP contribution in [0.5, 0.6) is 0 Å². The molecule has 0 aromatic rings. The Morgan fingerprint density at radius 3 is 2.46 bits per heavy atom. The normalized spacial score (nSPS) is 24.2. The third kappa shape index (κ3) is 4.63. The monoisotopic (exact) mass is 185 g/mol. The lowest BCUT2D eigenvalue weighted by Crippen LogP contribution is -2.22.